The molecule has 1 heterocycles. The molecule has 0 amide bonds. The summed E-state index contributed by atoms with van der Waals surface area (Å²) in [6.45, 7) is 6.60. The molecular formula is C14H16ClNO2. The van der Waals surface area contributed by atoms with E-state index >= 15 is 0 Å². The number of fused-ring (bicyclic) bond motifs is 1. The summed E-state index contributed by atoms with van der Waals surface area (Å²) in [4.78, 5) is 11.4. The Morgan fingerprint density at radius 1 is 1.44 bits per heavy atom. The Labute approximate surface area is 111 Å². The van der Waals surface area contributed by atoms with E-state index in [0.717, 1.165) is 16.5 Å². The van der Waals surface area contributed by atoms with Crippen molar-refractivity contribution in [1.29, 1.82) is 0 Å². The molecule has 0 saturated heterocycles. The lowest BCUT2D eigenvalue weighted by molar-refractivity contribution is 0.0684. The Kier molecular flexibility index (Phi) is 3.35. The molecule has 96 valence electrons. The van der Waals surface area contributed by atoms with E-state index < -0.39 is 5.97 Å². The predicted molar refractivity (Wildman–Crippen MR) is 73.5 cm³/mol. The lowest BCUT2D eigenvalue weighted by Crippen LogP contribution is -2.13. The van der Waals surface area contributed by atoms with Gasteiger partial charge in [-0.3, -0.25) is 0 Å². The lowest BCUT2D eigenvalue weighted by atomic mass is 10.1. The Hall–Kier alpha value is -1.48. The first-order valence-corrected chi connectivity index (χ1v) is 6.32. The third-order valence-corrected chi connectivity index (χ3v) is 3.34. The van der Waals surface area contributed by atoms with E-state index in [2.05, 4.69) is 13.8 Å². The van der Waals surface area contributed by atoms with Crippen molar-refractivity contribution in [3.8, 4) is 0 Å². The van der Waals surface area contributed by atoms with Crippen molar-refractivity contribution in [1.82, 2.24) is 4.57 Å². The van der Waals surface area contributed by atoms with Crippen LogP contribution < -0.4 is 0 Å². The predicted octanol–water partition coefficient (Wildman–Crippen LogP) is 3.96. The number of aromatic carboxylic acids is 1. The Morgan fingerprint density at radius 3 is 2.67 bits per heavy atom. The highest BCUT2D eigenvalue weighted by Crippen LogP contribution is 2.31. The molecule has 2 rings (SSSR count). The normalized spacial score (nSPS) is 11.4. The van der Waals surface area contributed by atoms with Crippen LogP contribution in [0.1, 0.15) is 29.9 Å². The van der Waals surface area contributed by atoms with Crippen LogP contribution >= 0.6 is 11.6 Å². The van der Waals surface area contributed by atoms with Crippen molar-refractivity contribution in [2.75, 3.05) is 0 Å². The number of carboxylic acid groups (broad SMARTS) is 1. The largest absolute Gasteiger partial charge is 0.477 e. The van der Waals surface area contributed by atoms with Crippen molar-refractivity contribution in [3.63, 3.8) is 0 Å². The maximum Gasteiger partial charge on any atom is 0.352 e. The molecule has 1 N–H and O–H groups in total. The van der Waals surface area contributed by atoms with Gasteiger partial charge >= 0.3 is 5.97 Å². The van der Waals surface area contributed by atoms with Gasteiger partial charge in [-0.1, -0.05) is 37.6 Å². The first-order valence-electron chi connectivity index (χ1n) is 5.94. The third-order valence-electron chi connectivity index (χ3n) is 3.04. The molecule has 0 aliphatic carbocycles. The second kappa shape index (κ2) is 4.65. The third kappa shape index (κ3) is 1.99. The van der Waals surface area contributed by atoms with Gasteiger partial charge in [0.05, 0.1) is 10.5 Å². The SMILES string of the molecule is Cc1c(C(=O)O)n(CC(C)C)c2c(Cl)cccc12. The van der Waals surface area contributed by atoms with Crippen LogP contribution in [0.25, 0.3) is 10.9 Å². The van der Waals surface area contributed by atoms with Crippen LogP contribution in [0.4, 0.5) is 0 Å². The number of halogens is 1. The van der Waals surface area contributed by atoms with Gasteiger partial charge in [0.2, 0.25) is 0 Å². The molecule has 0 fully saturated rings. The molecule has 0 bridgehead atoms. The van der Waals surface area contributed by atoms with Gasteiger partial charge in [-0.15, -0.1) is 0 Å². The molecule has 0 radical (unpaired) electrons. The van der Waals surface area contributed by atoms with Crippen molar-refractivity contribution < 1.29 is 9.90 Å². The topological polar surface area (TPSA) is 42.2 Å². The number of aryl methyl sites for hydroxylation is 1. The van der Waals surface area contributed by atoms with Crippen LogP contribution in [0.15, 0.2) is 18.2 Å². The van der Waals surface area contributed by atoms with Crippen molar-refractivity contribution in [3.05, 3.63) is 34.5 Å². The number of hydrogen-bond acceptors (Lipinski definition) is 1. The number of benzene rings is 1. The van der Waals surface area contributed by atoms with Gasteiger partial charge < -0.3 is 9.67 Å². The molecule has 0 aliphatic rings. The fraction of sp³-hybridized carbons (Fsp3) is 0.357. The van der Waals surface area contributed by atoms with Crippen molar-refractivity contribution in [2.24, 2.45) is 5.92 Å². The molecular weight excluding hydrogens is 250 g/mol. The highest BCUT2D eigenvalue weighted by Gasteiger charge is 2.21. The van der Waals surface area contributed by atoms with Crippen LogP contribution in [-0.2, 0) is 6.54 Å². The molecule has 1 aromatic heterocycles. The van der Waals surface area contributed by atoms with Crippen LogP contribution in [0.5, 0.6) is 0 Å². The Bertz CT molecular complexity index is 614. The quantitative estimate of drug-likeness (QED) is 0.913. The number of aromatic nitrogens is 1. The van der Waals surface area contributed by atoms with E-state index in [9.17, 15) is 9.90 Å². The van der Waals surface area contributed by atoms with E-state index in [4.69, 9.17) is 11.6 Å². The number of carbonyl (C=O) groups is 1. The van der Waals surface area contributed by atoms with Gasteiger partial charge in [0.1, 0.15) is 5.69 Å². The standard InChI is InChI=1S/C14H16ClNO2/c1-8(2)7-16-12(14(17)18)9(3)10-5-4-6-11(15)13(10)16/h4-6,8H,7H2,1-3H3,(H,17,18). The molecule has 0 saturated carbocycles. The van der Waals surface area contributed by atoms with Gasteiger partial charge in [0.15, 0.2) is 0 Å². The summed E-state index contributed by atoms with van der Waals surface area (Å²) in [5, 5.41) is 10.9. The first kappa shape index (κ1) is 13.0. The second-order valence-corrected chi connectivity index (χ2v) is 5.33. The smallest absolute Gasteiger partial charge is 0.352 e. The molecule has 2 aromatic rings. The van der Waals surface area contributed by atoms with Crippen molar-refractivity contribution in [2.45, 2.75) is 27.3 Å². The van der Waals surface area contributed by atoms with E-state index in [1.165, 1.54) is 0 Å². The summed E-state index contributed by atoms with van der Waals surface area (Å²) >= 11 is 6.22. The fourth-order valence-electron chi connectivity index (χ4n) is 2.36. The first-order chi connectivity index (χ1) is 8.43. The second-order valence-electron chi connectivity index (χ2n) is 4.92. The maximum absolute atomic E-state index is 11.4. The van der Waals surface area contributed by atoms with Crippen LogP contribution in [-0.4, -0.2) is 15.6 Å². The highest BCUT2D eigenvalue weighted by molar-refractivity contribution is 6.35. The van der Waals surface area contributed by atoms with Gasteiger partial charge in [0, 0.05) is 11.9 Å². The van der Waals surface area contributed by atoms with E-state index in [0.29, 0.717) is 23.2 Å². The van der Waals surface area contributed by atoms with Crippen molar-refractivity contribution >= 4 is 28.5 Å². The fourth-order valence-corrected chi connectivity index (χ4v) is 2.63. The molecule has 1 aromatic carbocycles. The molecule has 18 heavy (non-hydrogen) atoms. The van der Waals surface area contributed by atoms with Gasteiger partial charge in [-0.25, -0.2) is 4.79 Å². The van der Waals surface area contributed by atoms with Crippen LogP contribution in [0.3, 0.4) is 0 Å². The van der Waals surface area contributed by atoms with E-state index in [-0.39, 0.29) is 0 Å². The zero-order valence-electron chi connectivity index (χ0n) is 10.7. The minimum Gasteiger partial charge on any atom is -0.477 e. The van der Waals surface area contributed by atoms with E-state index in [1.54, 1.807) is 6.07 Å². The number of para-hydroxylation sites is 1. The summed E-state index contributed by atoms with van der Waals surface area (Å²) in [5.74, 6) is -0.546. The molecule has 0 unspecified atom stereocenters. The maximum atomic E-state index is 11.4. The lowest BCUT2D eigenvalue weighted by Gasteiger charge is -2.12. The summed E-state index contributed by atoms with van der Waals surface area (Å²) in [5.41, 5.74) is 1.94. The highest BCUT2D eigenvalue weighted by atomic mass is 35.5. The molecule has 0 spiro atoms. The summed E-state index contributed by atoms with van der Waals surface area (Å²) in [6, 6.07) is 5.56. The molecule has 4 heteroatoms. The van der Waals surface area contributed by atoms with Crippen LogP contribution in [0, 0.1) is 12.8 Å². The number of carboxylic acids is 1. The zero-order chi connectivity index (χ0) is 13.4. The summed E-state index contributed by atoms with van der Waals surface area (Å²) in [6.07, 6.45) is 0. The van der Waals surface area contributed by atoms with Crippen LogP contribution in [0.2, 0.25) is 5.02 Å². The van der Waals surface area contributed by atoms with E-state index in [1.807, 2.05) is 23.6 Å². The monoisotopic (exact) mass is 265 g/mol. The zero-order valence-corrected chi connectivity index (χ0v) is 11.5. The van der Waals surface area contributed by atoms with Gasteiger partial charge in [0.25, 0.3) is 0 Å². The minimum atomic E-state index is -0.902. The Morgan fingerprint density at radius 2 is 2.11 bits per heavy atom. The molecule has 3 nitrogen and oxygen atoms in total. The number of nitrogens with zero attached hydrogens (tertiary/aromatic N) is 1. The number of rotatable bonds is 3. The summed E-state index contributed by atoms with van der Waals surface area (Å²) in [7, 11) is 0. The average molecular weight is 266 g/mol. The Balaban J connectivity index is 2.85. The minimum absolute atomic E-state index is 0.340. The number of hydrogen-bond donors (Lipinski definition) is 1. The molecule has 0 aliphatic heterocycles. The van der Waals surface area contributed by atoms with Gasteiger partial charge in [-0.2, -0.15) is 0 Å². The molecule has 0 atom stereocenters. The summed E-state index contributed by atoms with van der Waals surface area (Å²) < 4.78 is 1.82. The van der Waals surface area contributed by atoms with Gasteiger partial charge in [-0.05, 0) is 24.5 Å². The average Bonchev–Trinajstić information content (AvgIpc) is 2.52.